The second-order valence-electron chi connectivity index (χ2n) is 3.70. The highest BCUT2D eigenvalue weighted by Crippen LogP contribution is 2.07. The van der Waals surface area contributed by atoms with Gasteiger partial charge in [0.25, 0.3) is 0 Å². The van der Waals surface area contributed by atoms with E-state index in [-0.39, 0.29) is 0 Å². The summed E-state index contributed by atoms with van der Waals surface area (Å²) in [6, 6.07) is 3.48. The molecule has 0 aliphatic carbocycles. The van der Waals surface area contributed by atoms with Crippen LogP contribution >= 0.6 is 12.2 Å². The molecule has 0 unspecified atom stereocenters. The van der Waals surface area contributed by atoms with Gasteiger partial charge in [0, 0.05) is 26.3 Å². The lowest BCUT2D eigenvalue weighted by atomic mass is 10.1. The summed E-state index contributed by atoms with van der Waals surface area (Å²) in [6.45, 7) is 1.70. The minimum Gasteiger partial charge on any atom is -0.383 e. The summed E-state index contributed by atoms with van der Waals surface area (Å²) in [5, 5.41) is 6.39. The molecule has 0 aliphatic heterocycles. The summed E-state index contributed by atoms with van der Waals surface area (Å²) in [7, 11) is 1.61. The fourth-order valence-corrected chi connectivity index (χ4v) is 1.61. The lowest BCUT2D eigenvalue weighted by Crippen LogP contribution is -2.37. The van der Waals surface area contributed by atoms with Gasteiger partial charge in [-0.3, -0.25) is 0 Å². The van der Waals surface area contributed by atoms with Crippen LogP contribution in [0.1, 0.15) is 5.56 Å². The summed E-state index contributed by atoms with van der Waals surface area (Å²) >= 11 is 5.01. The molecule has 0 amide bonds. The van der Waals surface area contributed by atoms with Gasteiger partial charge >= 0.3 is 0 Å². The molecule has 0 spiro atoms. The maximum absolute atomic E-state index is 12.9. The first-order chi connectivity index (χ1) is 8.61. The third-order valence-electron chi connectivity index (χ3n) is 2.21. The van der Waals surface area contributed by atoms with E-state index in [9.17, 15) is 8.78 Å². The molecular formula is C12H16F2N2OS. The first kappa shape index (κ1) is 14.8. The molecule has 18 heavy (non-hydrogen) atoms. The average molecular weight is 274 g/mol. The van der Waals surface area contributed by atoms with E-state index in [1.807, 2.05) is 0 Å². The van der Waals surface area contributed by atoms with Gasteiger partial charge in [-0.1, -0.05) is 0 Å². The van der Waals surface area contributed by atoms with Crippen molar-refractivity contribution in [1.29, 1.82) is 0 Å². The van der Waals surface area contributed by atoms with E-state index in [1.165, 1.54) is 12.1 Å². The average Bonchev–Trinajstić information content (AvgIpc) is 2.28. The Morgan fingerprint density at radius 3 is 2.39 bits per heavy atom. The Morgan fingerprint density at radius 1 is 1.17 bits per heavy atom. The van der Waals surface area contributed by atoms with E-state index in [1.54, 1.807) is 7.11 Å². The molecule has 0 radical (unpaired) electrons. The molecule has 6 heteroatoms. The van der Waals surface area contributed by atoms with Crippen molar-refractivity contribution in [3.05, 3.63) is 35.4 Å². The number of nitrogens with one attached hydrogen (secondary N) is 2. The summed E-state index contributed by atoms with van der Waals surface area (Å²) < 4.78 is 30.7. The Balaban J connectivity index is 2.26. The normalized spacial score (nSPS) is 10.2. The number of benzene rings is 1. The van der Waals surface area contributed by atoms with Gasteiger partial charge in [0.05, 0.1) is 6.61 Å². The Bertz CT molecular complexity index is 381. The monoisotopic (exact) mass is 274 g/mol. The predicted molar refractivity (Wildman–Crippen MR) is 70.5 cm³/mol. The number of hydrogen-bond acceptors (Lipinski definition) is 2. The number of hydrogen-bond donors (Lipinski definition) is 2. The molecule has 0 aromatic heterocycles. The molecule has 1 aromatic carbocycles. The van der Waals surface area contributed by atoms with Crippen molar-refractivity contribution in [1.82, 2.24) is 10.6 Å². The van der Waals surface area contributed by atoms with Crippen LogP contribution in [0.15, 0.2) is 18.2 Å². The van der Waals surface area contributed by atoms with Gasteiger partial charge in [-0.05, 0) is 36.3 Å². The highest BCUT2D eigenvalue weighted by atomic mass is 32.1. The number of methoxy groups -OCH3 is 1. The Morgan fingerprint density at radius 2 is 1.78 bits per heavy atom. The summed E-state index contributed by atoms with van der Waals surface area (Å²) in [4.78, 5) is 0. The number of halogens is 2. The zero-order valence-corrected chi connectivity index (χ0v) is 10.9. The van der Waals surface area contributed by atoms with Crippen LogP contribution in [0, 0.1) is 11.6 Å². The van der Waals surface area contributed by atoms with Crippen molar-refractivity contribution < 1.29 is 13.5 Å². The van der Waals surface area contributed by atoms with Crippen molar-refractivity contribution in [3.8, 4) is 0 Å². The lowest BCUT2D eigenvalue weighted by molar-refractivity contribution is 0.204. The van der Waals surface area contributed by atoms with Gasteiger partial charge in [0.2, 0.25) is 0 Å². The number of thiocarbonyl (C=S) groups is 1. The first-order valence-corrected chi connectivity index (χ1v) is 5.98. The number of ether oxygens (including phenoxy) is 1. The van der Waals surface area contributed by atoms with E-state index in [0.717, 1.165) is 6.07 Å². The molecule has 1 rings (SSSR count). The van der Waals surface area contributed by atoms with Gasteiger partial charge in [-0.2, -0.15) is 0 Å². The smallest absolute Gasteiger partial charge is 0.166 e. The Hall–Kier alpha value is -1.27. The fourth-order valence-electron chi connectivity index (χ4n) is 1.40. The van der Waals surface area contributed by atoms with Crippen LogP contribution in [0.4, 0.5) is 8.78 Å². The van der Waals surface area contributed by atoms with E-state index >= 15 is 0 Å². The van der Waals surface area contributed by atoms with E-state index in [2.05, 4.69) is 10.6 Å². The topological polar surface area (TPSA) is 33.3 Å². The molecule has 0 atom stereocenters. The fraction of sp³-hybridized carbons (Fsp3) is 0.417. The molecule has 0 heterocycles. The van der Waals surface area contributed by atoms with Crippen LogP contribution in [-0.2, 0) is 11.2 Å². The largest absolute Gasteiger partial charge is 0.383 e. The Labute approximate surface area is 111 Å². The van der Waals surface area contributed by atoms with Crippen LogP contribution in [0.3, 0.4) is 0 Å². The van der Waals surface area contributed by atoms with Crippen molar-refractivity contribution >= 4 is 17.3 Å². The zero-order valence-electron chi connectivity index (χ0n) is 10.1. The highest BCUT2D eigenvalue weighted by Gasteiger charge is 2.01. The third kappa shape index (κ3) is 5.88. The molecule has 0 aliphatic rings. The SMILES string of the molecule is COCCNC(=S)NCCc1cc(F)cc(F)c1. The van der Waals surface area contributed by atoms with Gasteiger partial charge in [-0.15, -0.1) is 0 Å². The van der Waals surface area contributed by atoms with Crippen molar-refractivity contribution in [3.63, 3.8) is 0 Å². The van der Waals surface area contributed by atoms with Gasteiger partial charge in [-0.25, -0.2) is 8.78 Å². The van der Waals surface area contributed by atoms with Crippen LogP contribution in [0.5, 0.6) is 0 Å². The molecular weight excluding hydrogens is 258 g/mol. The van der Waals surface area contributed by atoms with Gasteiger partial charge in [0.15, 0.2) is 5.11 Å². The zero-order chi connectivity index (χ0) is 13.4. The molecule has 2 N–H and O–H groups in total. The molecule has 1 aromatic rings. The second kappa shape index (κ2) is 7.94. The minimum absolute atomic E-state index is 0.501. The molecule has 0 bridgehead atoms. The van der Waals surface area contributed by atoms with Gasteiger partial charge < -0.3 is 15.4 Å². The van der Waals surface area contributed by atoms with Crippen LogP contribution in [0.25, 0.3) is 0 Å². The highest BCUT2D eigenvalue weighted by molar-refractivity contribution is 7.80. The summed E-state index contributed by atoms with van der Waals surface area (Å²) in [6.07, 6.45) is 0.501. The standard InChI is InChI=1S/C12H16F2N2OS/c1-17-5-4-16-12(18)15-3-2-9-6-10(13)8-11(14)7-9/h6-8H,2-5H2,1H3,(H2,15,16,18). The minimum atomic E-state index is -0.564. The quantitative estimate of drug-likeness (QED) is 0.610. The van der Waals surface area contributed by atoms with E-state index in [0.29, 0.717) is 36.8 Å². The molecule has 0 saturated heterocycles. The summed E-state index contributed by atoms with van der Waals surface area (Å²) in [5.41, 5.74) is 0.597. The maximum atomic E-state index is 12.9. The maximum Gasteiger partial charge on any atom is 0.166 e. The van der Waals surface area contributed by atoms with Crippen LogP contribution < -0.4 is 10.6 Å². The van der Waals surface area contributed by atoms with Crippen LogP contribution in [-0.4, -0.2) is 31.9 Å². The lowest BCUT2D eigenvalue weighted by Gasteiger charge is -2.10. The van der Waals surface area contributed by atoms with Crippen molar-refractivity contribution in [2.24, 2.45) is 0 Å². The Kier molecular flexibility index (Phi) is 6.53. The molecule has 100 valence electrons. The molecule has 0 fully saturated rings. The predicted octanol–water partition coefficient (Wildman–Crippen LogP) is 1.62. The van der Waals surface area contributed by atoms with Crippen LogP contribution in [0.2, 0.25) is 0 Å². The summed E-state index contributed by atoms with van der Waals surface area (Å²) in [5.74, 6) is -1.13. The van der Waals surface area contributed by atoms with E-state index in [4.69, 9.17) is 17.0 Å². The van der Waals surface area contributed by atoms with Crippen molar-refractivity contribution in [2.75, 3.05) is 26.8 Å². The molecule has 0 saturated carbocycles. The third-order valence-corrected chi connectivity index (χ3v) is 2.50. The van der Waals surface area contributed by atoms with Gasteiger partial charge in [0.1, 0.15) is 11.6 Å². The number of rotatable bonds is 6. The second-order valence-corrected chi connectivity index (χ2v) is 4.11. The van der Waals surface area contributed by atoms with Crippen molar-refractivity contribution in [2.45, 2.75) is 6.42 Å². The first-order valence-electron chi connectivity index (χ1n) is 5.57. The van der Waals surface area contributed by atoms with E-state index < -0.39 is 11.6 Å². The molecule has 3 nitrogen and oxygen atoms in total.